The normalized spacial score (nSPS) is 13.1. The third-order valence-corrected chi connectivity index (χ3v) is 9.17. The highest BCUT2D eigenvalue weighted by atomic mass is 35.5. The predicted molar refractivity (Wildman–Crippen MR) is 216 cm³/mol. The number of hydrogen-bond donors (Lipinski definition) is 2. The van der Waals surface area contributed by atoms with Crippen molar-refractivity contribution in [1.29, 1.82) is 0 Å². The number of nitrogens with two attached hydrogens (primary N) is 1. The third-order valence-electron chi connectivity index (χ3n) is 9.17. The van der Waals surface area contributed by atoms with Crippen molar-refractivity contribution >= 4 is 24.3 Å². The van der Waals surface area contributed by atoms with Gasteiger partial charge in [-0.05, 0) is 78.1 Å². The first-order valence-corrected chi connectivity index (χ1v) is 20.8. The highest BCUT2D eigenvalue weighted by Crippen LogP contribution is 2.20. The summed E-state index contributed by atoms with van der Waals surface area (Å²) in [6.07, 6.45) is 39.8. The Labute approximate surface area is 316 Å². The zero-order valence-electron chi connectivity index (χ0n) is 33.2. The molecule has 0 radical (unpaired) electrons. The first-order valence-electron chi connectivity index (χ1n) is 20.8. The molecule has 0 saturated carbocycles. The predicted octanol–water partition coefficient (Wildman–Crippen LogP) is 12.4. The lowest BCUT2D eigenvalue weighted by atomic mass is 9.95. The molecule has 0 aliphatic rings. The summed E-state index contributed by atoms with van der Waals surface area (Å²) in [7, 11) is 0. The molecule has 0 aromatic carbocycles. The molecule has 0 aromatic heterocycles. The van der Waals surface area contributed by atoms with Crippen LogP contribution in [0.25, 0.3) is 0 Å². The Bertz CT molecular complexity index is 810. The molecule has 0 aliphatic carbocycles. The maximum Gasteiger partial charge on any atom is 0.306 e. The Hall–Kier alpha value is -1.37. The van der Waals surface area contributed by atoms with Crippen LogP contribution in [0.1, 0.15) is 214 Å². The smallest absolute Gasteiger partial charge is 0.306 e. The number of esters is 2. The molecule has 0 spiro atoms. The van der Waals surface area contributed by atoms with E-state index in [1.54, 1.807) is 0 Å². The summed E-state index contributed by atoms with van der Waals surface area (Å²) in [4.78, 5) is 25.3. The van der Waals surface area contributed by atoms with E-state index in [1.165, 1.54) is 109 Å². The van der Waals surface area contributed by atoms with Gasteiger partial charge in [0.2, 0.25) is 0 Å². The van der Waals surface area contributed by atoms with Crippen molar-refractivity contribution in [3.8, 4) is 0 Å². The quantitative estimate of drug-likeness (QED) is 0.0379. The molecule has 0 aliphatic heterocycles. The number of carbonyl (C=O) groups excluding carboxylic acids is 2. The summed E-state index contributed by atoms with van der Waals surface area (Å²) in [5, 5.41) is 10.1. The second kappa shape index (κ2) is 37.4. The van der Waals surface area contributed by atoms with Crippen LogP contribution in [0.2, 0.25) is 0 Å². The molecule has 0 saturated heterocycles. The number of allylic oxidation sites excluding steroid dienone is 4. The van der Waals surface area contributed by atoms with Crippen molar-refractivity contribution in [3.05, 3.63) is 24.3 Å². The highest BCUT2D eigenvalue weighted by molar-refractivity contribution is 5.85. The minimum Gasteiger partial charge on any atom is -0.458 e. The topological polar surface area (TPSA) is 98.8 Å². The average molecular weight is 729 g/mol. The van der Waals surface area contributed by atoms with E-state index in [0.717, 1.165) is 57.8 Å². The molecule has 3 N–H and O–H groups in total. The van der Waals surface area contributed by atoms with Crippen LogP contribution >= 0.6 is 12.4 Å². The third kappa shape index (κ3) is 36.4. The van der Waals surface area contributed by atoms with Gasteiger partial charge >= 0.3 is 11.9 Å². The second-order valence-electron chi connectivity index (χ2n) is 15.1. The number of halogens is 1. The van der Waals surface area contributed by atoms with E-state index in [-0.39, 0.29) is 24.3 Å². The van der Waals surface area contributed by atoms with Crippen LogP contribution in [-0.4, -0.2) is 41.4 Å². The van der Waals surface area contributed by atoms with Crippen LogP contribution in [0, 0.1) is 0 Å². The molecule has 2 unspecified atom stereocenters. The molecular weight excluding hydrogens is 646 g/mol. The molecule has 6 nitrogen and oxygen atoms in total. The van der Waals surface area contributed by atoms with Gasteiger partial charge in [0.1, 0.15) is 6.10 Å². The summed E-state index contributed by atoms with van der Waals surface area (Å²) in [5.74, 6) is -0.677. The Morgan fingerprint density at radius 3 is 1.16 bits per heavy atom. The summed E-state index contributed by atoms with van der Waals surface area (Å²) >= 11 is 0. The number of aliphatic hydroxyl groups is 1. The van der Waals surface area contributed by atoms with E-state index in [1.807, 2.05) is 13.8 Å². The molecule has 0 amide bonds. The van der Waals surface area contributed by atoms with Crippen LogP contribution in [-0.2, 0) is 19.1 Å². The molecule has 0 fully saturated rings. The molecule has 0 rings (SSSR count). The van der Waals surface area contributed by atoms with E-state index in [0.29, 0.717) is 19.3 Å². The van der Waals surface area contributed by atoms with Gasteiger partial charge in [0.15, 0.2) is 6.10 Å². The van der Waals surface area contributed by atoms with Crippen LogP contribution in [0.15, 0.2) is 24.3 Å². The lowest BCUT2D eigenvalue weighted by molar-refractivity contribution is -0.173. The van der Waals surface area contributed by atoms with Gasteiger partial charge in [0.25, 0.3) is 0 Å². The van der Waals surface area contributed by atoms with Gasteiger partial charge in [-0.15, -0.1) is 12.4 Å². The summed E-state index contributed by atoms with van der Waals surface area (Å²) < 4.78 is 11.4. The molecule has 2 atom stereocenters. The van der Waals surface area contributed by atoms with Gasteiger partial charge in [0.05, 0.1) is 6.61 Å². The van der Waals surface area contributed by atoms with Crippen LogP contribution < -0.4 is 5.73 Å². The second-order valence-corrected chi connectivity index (χ2v) is 15.1. The molecule has 296 valence electrons. The number of hydrogen-bond acceptors (Lipinski definition) is 6. The zero-order chi connectivity index (χ0) is 36.3. The van der Waals surface area contributed by atoms with E-state index in [9.17, 15) is 14.7 Å². The maximum atomic E-state index is 12.7. The van der Waals surface area contributed by atoms with Gasteiger partial charge in [-0.3, -0.25) is 9.59 Å². The van der Waals surface area contributed by atoms with Gasteiger partial charge < -0.3 is 20.3 Å². The SMILES string of the molecule is CCCCCCCC/C=C\CCCCCCCC(=O)OC(CO)C(CC(C)(C)N)OC(=O)CCCCCCC/C=C\CCCCCCCC.Cl. The largest absolute Gasteiger partial charge is 0.458 e. The Balaban J connectivity index is 0. The van der Waals surface area contributed by atoms with Crippen LogP contribution in [0.3, 0.4) is 0 Å². The van der Waals surface area contributed by atoms with E-state index >= 15 is 0 Å². The number of ether oxygens (including phenoxy) is 2. The van der Waals surface area contributed by atoms with Crippen molar-refractivity contribution in [1.82, 2.24) is 0 Å². The van der Waals surface area contributed by atoms with Crippen molar-refractivity contribution in [2.75, 3.05) is 6.61 Å². The molecule has 0 heterocycles. The van der Waals surface area contributed by atoms with Crippen molar-refractivity contribution in [2.45, 2.75) is 232 Å². The van der Waals surface area contributed by atoms with Crippen molar-refractivity contribution in [3.63, 3.8) is 0 Å². The number of unbranched alkanes of at least 4 members (excludes halogenated alkanes) is 22. The minimum atomic E-state index is -0.906. The zero-order valence-corrected chi connectivity index (χ0v) is 34.1. The lowest BCUT2D eigenvalue weighted by Crippen LogP contribution is -2.45. The fourth-order valence-electron chi connectivity index (χ4n) is 6.13. The fourth-order valence-corrected chi connectivity index (χ4v) is 6.13. The maximum absolute atomic E-state index is 12.7. The van der Waals surface area contributed by atoms with E-state index in [4.69, 9.17) is 15.2 Å². The number of carbonyl (C=O) groups is 2. The van der Waals surface area contributed by atoms with Gasteiger partial charge in [-0.2, -0.15) is 0 Å². The molecular formula is C43H82ClNO5. The van der Waals surface area contributed by atoms with Gasteiger partial charge in [-0.1, -0.05) is 141 Å². The average Bonchev–Trinajstić information content (AvgIpc) is 3.06. The summed E-state index contributed by atoms with van der Waals surface area (Å²) in [5.41, 5.74) is 5.61. The van der Waals surface area contributed by atoms with Gasteiger partial charge in [-0.25, -0.2) is 0 Å². The van der Waals surface area contributed by atoms with E-state index < -0.39 is 24.4 Å². The Kier molecular flexibility index (Phi) is 37.9. The van der Waals surface area contributed by atoms with Crippen molar-refractivity contribution < 1.29 is 24.2 Å². The standard InChI is InChI=1S/C43H81NO5.ClH/c1-5-7-9-11-13-15-17-19-21-23-25-27-29-31-33-35-41(46)48-39(37-43(3,4)44)40(38-45)49-42(47)36-34-32-30-28-26-24-22-20-18-16-14-12-10-8-6-2;/h19-22,39-40,45H,5-18,23-38,44H2,1-4H3;1H/b21-19-,22-20-;. The van der Waals surface area contributed by atoms with Crippen LogP contribution in [0.5, 0.6) is 0 Å². The summed E-state index contributed by atoms with van der Waals surface area (Å²) in [6, 6.07) is 0. The highest BCUT2D eigenvalue weighted by Gasteiger charge is 2.32. The molecule has 7 heteroatoms. The first-order chi connectivity index (χ1) is 23.7. The molecule has 0 bridgehead atoms. The van der Waals surface area contributed by atoms with Crippen molar-refractivity contribution in [2.24, 2.45) is 5.73 Å². The Morgan fingerprint density at radius 1 is 0.540 bits per heavy atom. The number of rotatable bonds is 36. The fraction of sp³-hybridized carbons (Fsp3) is 0.860. The molecule has 0 aromatic rings. The lowest BCUT2D eigenvalue weighted by Gasteiger charge is -2.30. The summed E-state index contributed by atoms with van der Waals surface area (Å²) in [6.45, 7) is 7.80. The number of aliphatic hydroxyl groups excluding tert-OH is 1. The monoisotopic (exact) mass is 728 g/mol. The first kappa shape index (κ1) is 50.7. The van der Waals surface area contributed by atoms with Gasteiger partial charge in [0, 0.05) is 24.8 Å². The Morgan fingerprint density at radius 2 is 0.840 bits per heavy atom. The van der Waals surface area contributed by atoms with Crippen LogP contribution in [0.4, 0.5) is 0 Å². The minimum absolute atomic E-state index is 0. The molecule has 50 heavy (non-hydrogen) atoms. The van der Waals surface area contributed by atoms with E-state index in [2.05, 4.69) is 38.2 Å².